The van der Waals surface area contributed by atoms with Gasteiger partial charge in [-0.2, -0.15) is 11.8 Å². The number of rotatable bonds is 5. The molecule has 1 aliphatic rings. The fourth-order valence-electron chi connectivity index (χ4n) is 2.04. The topological polar surface area (TPSA) is 21.3 Å². The van der Waals surface area contributed by atoms with Crippen molar-refractivity contribution in [2.75, 3.05) is 25.2 Å². The normalized spacial score (nSPS) is 19.4. The summed E-state index contributed by atoms with van der Waals surface area (Å²) in [5, 5.41) is 3.57. The Hall–Kier alpha value is -0.510. The molecule has 2 nitrogen and oxygen atoms in total. The van der Waals surface area contributed by atoms with Crippen LogP contribution in [-0.4, -0.2) is 25.2 Å². The number of fused-ring (bicyclic) bond motifs is 1. The molecule has 0 fully saturated rings. The van der Waals surface area contributed by atoms with Gasteiger partial charge in [-0.15, -0.1) is 0 Å². The molecule has 1 aliphatic heterocycles. The molecular formula is C13H19NOS. The lowest BCUT2D eigenvalue weighted by Gasteiger charge is -2.26. The molecule has 0 aliphatic carbocycles. The van der Waals surface area contributed by atoms with Gasteiger partial charge >= 0.3 is 0 Å². The van der Waals surface area contributed by atoms with Gasteiger partial charge in [0.2, 0.25) is 0 Å². The van der Waals surface area contributed by atoms with Crippen molar-refractivity contribution in [2.24, 2.45) is 0 Å². The maximum atomic E-state index is 5.60. The monoisotopic (exact) mass is 237 g/mol. The van der Waals surface area contributed by atoms with Gasteiger partial charge in [-0.05, 0) is 36.1 Å². The molecule has 88 valence electrons. The van der Waals surface area contributed by atoms with Gasteiger partial charge in [0, 0.05) is 0 Å². The summed E-state index contributed by atoms with van der Waals surface area (Å²) in [7, 11) is 0. The van der Waals surface area contributed by atoms with Crippen molar-refractivity contribution in [1.29, 1.82) is 0 Å². The molecule has 16 heavy (non-hydrogen) atoms. The van der Waals surface area contributed by atoms with Crippen molar-refractivity contribution in [3.63, 3.8) is 0 Å². The minimum atomic E-state index is 0.381. The van der Waals surface area contributed by atoms with Crippen LogP contribution in [0.5, 0.6) is 0 Å². The molecule has 0 spiro atoms. The predicted octanol–water partition coefficient (Wildman–Crippen LogP) is 2.60. The second kappa shape index (κ2) is 6.28. The average Bonchev–Trinajstić information content (AvgIpc) is 2.35. The van der Waals surface area contributed by atoms with Gasteiger partial charge < -0.3 is 10.1 Å². The number of ether oxygens (including phenoxy) is 1. The van der Waals surface area contributed by atoms with Gasteiger partial charge in [-0.3, -0.25) is 0 Å². The lowest BCUT2D eigenvalue weighted by molar-refractivity contribution is 0.0823. The highest BCUT2D eigenvalue weighted by molar-refractivity contribution is 7.98. The summed E-state index contributed by atoms with van der Waals surface area (Å²) in [5.74, 6) is 1.22. The minimum Gasteiger partial charge on any atom is -0.375 e. The fraction of sp³-hybridized carbons (Fsp3) is 0.538. The molecular weight excluding hydrogens is 218 g/mol. The molecule has 1 atom stereocenters. The highest BCUT2D eigenvalue weighted by Gasteiger charge is 2.18. The Labute approximate surface area is 102 Å². The summed E-state index contributed by atoms with van der Waals surface area (Å²) < 4.78 is 5.60. The SMILES string of the molecule is CSCCCNC1COCc2ccccc21. The molecule has 0 amide bonds. The van der Waals surface area contributed by atoms with Crippen LogP contribution in [0.25, 0.3) is 0 Å². The van der Waals surface area contributed by atoms with Crippen molar-refractivity contribution in [3.8, 4) is 0 Å². The second-order valence-electron chi connectivity index (χ2n) is 4.07. The summed E-state index contributed by atoms with van der Waals surface area (Å²) in [4.78, 5) is 0. The molecule has 2 rings (SSSR count). The maximum absolute atomic E-state index is 5.60. The van der Waals surface area contributed by atoms with Gasteiger partial charge in [0.15, 0.2) is 0 Å². The van der Waals surface area contributed by atoms with Crippen LogP contribution in [0.1, 0.15) is 23.6 Å². The Morgan fingerprint density at radius 1 is 1.44 bits per heavy atom. The Balaban J connectivity index is 1.91. The van der Waals surface area contributed by atoms with E-state index in [1.54, 1.807) is 0 Å². The second-order valence-corrected chi connectivity index (χ2v) is 5.05. The molecule has 0 saturated heterocycles. The van der Waals surface area contributed by atoms with Gasteiger partial charge in [0.25, 0.3) is 0 Å². The van der Waals surface area contributed by atoms with Crippen LogP contribution >= 0.6 is 11.8 Å². The molecule has 0 bridgehead atoms. The van der Waals surface area contributed by atoms with Crippen molar-refractivity contribution in [3.05, 3.63) is 35.4 Å². The predicted molar refractivity (Wildman–Crippen MR) is 69.8 cm³/mol. The molecule has 0 saturated carbocycles. The minimum absolute atomic E-state index is 0.381. The molecule has 1 aromatic rings. The summed E-state index contributed by atoms with van der Waals surface area (Å²) in [6, 6.07) is 8.94. The zero-order chi connectivity index (χ0) is 11.2. The number of hydrogen-bond acceptors (Lipinski definition) is 3. The summed E-state index contributed by atoms with van der Waals surface area (Å²) in [6.45, 7) is 2.64. The van der Waals surface area contributed by atoms with Crippen LogP contribution in [0.3, 0.4) is 0 Å². The van der Waals surface area contributed by atoms with E-state index in [1.807, 2.05) is 11.8 Å². The van der Waals surface area contributed by atoms with Crippen molar-refractivity contribution < 1.29 is 4.74 Å². The third-order valence-electron chi connectivity index (χ3n) is 2.89. The molecule has 0 aromatic heterocycles. The highest BCUT2D eigenvalue weighted by Crippen LogP contribution is 2.24. The van der Waals surface area contributed by atoms with Crippen LogP contribution in [0.2, 0.25) is 0 Å². The van der Waals surface area contributed by atoms with Gasteiger partial charge in [-0.25, -0.2) is 0 Å². The Kier molecular flexibility index (Phi) is 4.69. The standard InChI is InChI=1S/C13H19NOS/c1-16-8-4-7-14-13-10-15-9-11-5-2-3-6-12(11)13/h2-3,5-6,13-14H,4,7-10H2,1H3. The summed E-state index contributed by atoms with van der Waals surface area (Å²) >= 11 is 1.90. The average molecular weight is 237 g/mol. The lowest BCUT2D eigenvalue weighted by atomic mass is 9.99. The first-order chi connectivity index (χ1) is 7.92. The number of thioether (sulfide) groups is 1. The maximum Gasteiger partial charge on any atom is 0.0721 e. The van der Waals surface area contributed by atoms with Crippen LogP contribution in [0.4, 0.5) is 0 Å². The Bertz CT molecular complexity index is 329. The third-order valence-corrected chi connectivity index (χ3v) is 3.59. The number of nitrogens with one attached hydrogen (secondary N) is 1. The molecule has 1 heterocycles. The fourth-order valence-corrected chi connectivity index (χ4v) is 2.48. The molecule has 0 radical (unpaired) electrons. The van der Waals surface area contributed by atoms with E-state index in [2.05, 4.69) is 35.8 Å². The van der Waals surface area contributed by atoms with E-state index in [-0.39, 0.29) is 0 Å². The van der Waals surface area contributed by atoms with Gasteiger partial charge in [0.05, 0.1) is 19.3 Å². The van der Waals surface area contributed by atoms with Crippen LogP contribution < -0.4 is 5.32 Å². The zero-order valence-electron chi connectivity index (χ0n) is 9.74. The molecule has 1 unspecified atom stereocenters. The first kappa shape index (κ1) is 12.0. The van der Waals surface area contributed by atoms with E-state index < -0.39 is 0 Å². The van der Waals surface area contributed by atoms with Gasteiger partial charge in [0.1, 0.15) is 0 Å². The van der Waals surface area contributed by atoms with Crippen LogP contribution in [0, 0.1) is 0 Å². The smallest absolute Gasteiger partial charge is 0.0721 e. The molecule has 1 aromatic carbocycles. The highest BCUT2D eigenvalue weighted by atomic mass is 32.2. The summed E-state index contributed by atoms with van der Waals surface area (Å²) in [5.41, 5.74) is 2.74. The largest absolute Gasteiger partial charge is 0.375 e. The quantitative estimate of drug-likeness (QED) is 0.795. The first-order valence-electron chi connectivity index (χ1n) is 5.79. The van der Waals surface area contributed by atoms with E-state index in [4.69, 9.17) is 4.74 Å². The van der Waals surface area contributed by atoms with Crippen molar-refractivity contribution >= 4 is 11.8 Å². The van der Waals surface area contributed by atoms with E-state index in [1.165, 1.54) is 23.3 Å². The molecule has 3 heteroatoms. The van der Waals surface area contributed by atoms with E-state index in [0.29, 0.717) is 6.04 Å². The summed E-state index contributed by atoms with van der Waals surface area (Å²) in [6.07, 6.45) is 3.37. The van der Waals surface area contributed by atoms with Crippen molar-refractivity contribution in [1.82, 2.24) is 5.32 Å². The van der Waals surface area contributed by atoms with E-state index in [0.717, 1.165) is 19.8 Å². The van der Waals surface area contributed by atoms with Crippen LogP contribution in [-0.2, 0) is 11.3 Å². The number of benzene rings is 1. The van der Waals surface area contributed by atoms with E-state index in [9.17, 15) is 0 Å². The lowest BCUT2D eigenvalue weighted by Crippen LogP contribution is -2.30. The van der Waals surface area contributed by atoms with Crippen LogP contribution in [0.15, 0.2) is 24.3 Å². The van der Waals surface area contributed by atoms with Gasteiger partial charge in [-0.1, -0.05) is 24.3 Å². The third kappa shape index (κ3) is 3.00. The number of hydrogen-bond donors (Lipinski definition) is 1. The first-order valence-corrected chi connectivity index (χ1v) is 7.19. The Morgan fingerprint density at radius 3 is 3.19 bits per heavy atom. The Morgan fingerprint density at radius 2 is 2.31 bits per heavy atom. The van der Waals surface area contributed by atoms with E-state index >= 15 is 0 Å². The van der Waals surface area contributed by atoms with Crippen molar-refractivity contribution in [2.45, 2.75) is 19.1 Å². The zero-order valence-corrected chi connectivity index (χ0v) is 10.6. The molecule has 1 N–H and O–H groups in total.